The average molecular weight is 301 g/mol. The van der Waals surface area contributed by atoms with E-state index in [0.29, 0.717) is 11.8 Å². The number of rotatable bonds is 3. The second-order valence-electron chi connectivity index (χ2n) is 4.07. The monoisotopic (exact) mass is 300 g/mol. The highest BCUT2D eigenvalue weighted by Gasteiger charge is 2.19. The van der Waals surface area contributed by atoms with Gasteiger partial charge in [0.1, 0.15) is 5.69 Å². The van der Waals surface area contributed by atoms with Crippen LogP contribution in [0.2, 0.25) is 0 Å². The molecule has 2 aromatic rings. The maximum Gasteiger partial charge on any atom is 0.225 e. The molecule has 0 aliphatic rings. The summed E-state index contributed by atoms with van der Waals surface area (Å²) in [5.74, 6) is 0.961. The van der Waals surface area contributed by atoms with Crippen LogP contribution in [0.5, 0.6) is 0 Å². The van der Waals surface area contributed by atoms with Crippen LogP contribution in [0, 0.1) is 5.92 Å². The van der Waals surface area contributed by atoms with E-state index in [1.165, 1.54) is 0 Å². The zero-order chi connectivity index (χ0) is 11.7. The second-order valence-corrected chi connectivity index (χ2v) is 5.84. The molecule has 0 radical (unpaired) electrons. The first-order valence-corrected chi connectivity index (χ1v) is 6.74. The van der Waals surface area contributed by atoms with Gasteiger partial charge in [0.25, 0.3) is 0 Å². The summed E-state index contributed by atoms with van der Waals surface area (Å²) >= 11 is 5.13. The molecule has 0 aromatic carbocycles. The lowest BCUT2D eigenvalue weighted by atomic mass is 10.0. The molecule has 0 spiro atoms. The van der Waals surface area contributed by atoms with Crippen molar-refractivity contribution < 1.29 is 4.52 Å². The molecule has 3 nitrogen and oxygen atoms in total. The van der Waals surface area contributed by atoms with Gasteiger partial charge in [0, 0.05) is 10.0 Å². The Morgan fingerprint density at radius 2 is 2.31 bits per heavy atom. The standard InChI is InChI=1S/C11H13BrN2OS/c1-6(2)5-7-9(14-15-11(7)13)10-8(12)3-4-16-10/h3-4,6H,5,13H2,1-2H3. The van der Waals surface area contributed by atoms with Gasteiger partial charge in [-0.05, 0) is 39.7 Å². The summed E-state index contributed by atoms with van der Waals surface area (Å²) in [6.45, 7) is 4.30. The molecule has 0 aliphatic carbocycles. The van der Waals surface area contributed by atoms with Crippen molar-refractivity contribution in [3.8, 4) is 10.6 Å². The molecule has 2 rings (SSSR count). The number of nitrogen functional groups attached to an aromatic ring is 1. The van der Waals surface area contributed by atoms with Gasteiger partial charge < -0.3 is 10.3 Å². The van der Waals surface area contributed by atoms with Gasteiger partial charge in [0.05, 0.1) is 4.88 Å². The minimum absolute atomic E-state index is 0.434. The SMILES string of the molecule is CC(C)Cc1c(-c2sccc2Br)noc1N. The third-order valence-corrected chi connectivity index (χ3v) is 4.11. The first-order valence-electron chi connectivity index (χ1n) is 5.07. The smallest absolute Gasteiger partial charge is 0.225 e. The van der Waals surface area contributed by atoms with E-state index in [4.69, 9.17) is 10.3 Å². The lowest BCUT2D eigenvalue weighted by molar-refractivity contribution is 0.438. The molecule has 0 aliphatic heterocycles. The fourth-order valence-corrected chi connectivity index (χ4v) is 3.14. The van der Waals surface area contributed by atoms with Crippen LogP contribution in [-0.2, 0) is 6.42 Å². The molecule has 0 atom stereocenters. The fraction of sp³-hybridized carbons (Fsp3) is 0.364. The number of hydrogen-bond acceptors (Lipinski definition) is 4. The van der Waals surface area contributed by atoms with Crippen molar-refractivity contribution in [3.63, 3.8) is 0 Å². The molecule has 5 heteroatoms. The maximum atomic E-state index is 5.81. The first-order chi connectivity index (χ1) is 7.59. The van der Waals surface area contributed by atoms with Crippen molar-refractivity contribution in [1.82, 2.24) is 5.16 Å². The Labute approximate surface area is 107 Å². The van der Waals surface area contributed by atoms with E-state index in [-0.39, 0.29) is 0 Å². The lowest BCUT2D eigenvalue weighted by Gasteiger charge is -2.04. The van der Waals surface area contributed by atoms with Gasteiger partial charge in [-0.2, -0.15) is 0 Å². The highest BCUT2D eigenvalue weighted by atomic mass is 79.9. The average Bonchev–Trinajstić information content (AvgIpc) is 2.75. The van der Waals surface area contributed by atoms with Gasteiger partial charge in [-0.1, -0.05) is 19.0 Å². The molecule has 2 aromatic heterocycles. The van der Waals surface area contributed by atoms with E-state index in [2.05, 4.69) is 34.9 Å². The summed E-state index contributed by atoms with van der Waals surface area (Å²) in [6.07, 6.45) is 0.884. The number of thiophene rings is 1. The Hall–Kier alpha value is -0.810. The minimum Gasteiger partial charge on any atom is -0.367 e. The highest BCUT2D eigenvalue weighted by Crippen LogP contribution is 2.37. The Balaban J connectivity index is 2.46. The fourth-order valence-electron chi connectivity index (χ4n) is 1.57. The number of anilines is 1. The van der Waals surface area contributed by atoms with Crippen molar-refractivity contribution in [2.45, 2.75) is 20.3 Å². The third kappa shape index (κ3) is 2.15. The summed E-state index contributed by atoms with van der Waals surface area (Å²) in [4.78, 5) is 1.08. The van der Waals surface area contributed by atoms with Gasteiger partial charge >= 0.3 is 0 Å². The number of nitrogens with zero attached hydrogens (tertiary/aromatic N) is 1. The van der Waals surface area contributed by atoms with E-state index < -0.39 is 0 Å². The molecule has 16 heavy (non-hydrogen) atoms. The number of halogens is 1. The first kappa shape index (κ1) is 11.7. The molecule has 2 N–H and O–H groups in total. The predicted octanol–water partition coefficient (Wildman–Crippen LogP) is 3.95. The molecule has 0 saturated carbocycles. The quantitative estimate of drug-likeness (QED) is 0.934. The van der Waals surface area contributed by atoms with Crippen LogP contribution in [0.4, 0.5) is 5.88 Å². The van der Waals surface area contributed by atoms with Gasteiger partial charge in [0.2, 0.25) is 5.88 Å². The highest BCUT2D eigenvalue weighted by molar-refractivity contribution is 9.10. The second kappa shape index (κ2) is 4.59. The van der Waals surface area contributed by atoms with E-state index >= 15 is 0 Å². The van der Waals surface area contributed by atoms with Crippen LogP contribution in [-0.4, -0.2) is 5.16 Å². The molecule has 86 valence electrons. The number of nitrogens with two attached hydrogens (primary N) is 1. The van der Waals surface area contributed by atoms with Crippen LogP contribution >= 0.6 is 27.3 Å². The van der Waals surface area contributed by atoms with Gasteiger partial charge in [-0.3, -0.25) is 0 Å². The topological polar surface area (TPSA) is 52.0 Å². The molecule has 0 amide bonds. The largest absolute Gasteiger partial charge is 0.367 e. The maximum absolute atomic E-state index is 5.81. The molecular weight excluding hydrogens is 288 g/mol. The van der Waals surface area contributed by atoms with Gasteiger partial charge in [-0.15, -0.1) is 11.3 Å². The van der Waals surface area contributed by atoms with Crippen LogP contribution in [0.15, 0.2) is 20.4 Å². The zero-order valence-corrected chi connectivity index (χ0v) is 11.6. The summed E-state index contributed by atoms with van der Waals surface area (Å²) in [7, 11) is 0. The van der Waals surface area contributed by atoms with E-state index in [1.807, 2.05) is 11.4 Å². The zero-order valence-electron chi connectivity index (χ0n) is 9.16. The van der Waals surface area contributed by atoms with Crippen molar-refractivity contribution in [3.05, 3.63) is 21.5 Å². The van der Waals surface area contributed by atoms with Crippen LogP contribution in [0.25, 0.3) is 10.6 Å². The Morgan fingerprint density at radius 3 is 2.88 bits per heavy atom. The number of hydrogen-bond donors (Lipinski definition) is 1. The molecular formula is C11H13BrN2OS. The van der Waals surface area contributed by atoms with Crippen molar-refractivity contribution in [2.24, 2.45) is 5.92 Å². The van der Waals surface area contributed by atoms with Crippen molar-refractivity contribution in [2.75, 3.05) is 5.73 Å². The molecule has 0 bridgehead atoms. The van der Waals surface area contributed by atoms with E-state index in [1.54, 1.807) is 11.3 Å². The normalized spacial score (nSPS) is 11.2. The molecule has 2 heterocycles. The minimum atomic E-state index is 0.434. The summed E-state index contributed by atoms with van der Waals surface area (Å²) in [6, 6.07) is 2.00. The van der Waals surface area contributed by atoms with Crippen LogP contribution < -0.4 is 5.73 Å². The Morgan fingerprint density at radius 1 is 1.56 bits per heavy atom. The van der Waals surface area contributed by atoms with E-state index in [0.717, 1.165) is 27.0 Å². The molecule has 0 saturated heterocycles. The van der Waals surface area contributed by atoms with Gasteiger partial charge in [0.15, 0.2) is 0 Å². The summed E-state index contributed by atoms with van der Waals surface area (Å²) in [5.41, 5.74) is 7.69. The number of aromatic nitrogens is 1. The van der Waals surface area contributed by atoms with Crippen molar-refractivity contribution >= 4 is 33.2 Å². The van der Waals surface area contributed by atoms with Crippen molar-refractivity contribution in [1.29, 1.82) is 0 Å². The summed E-state index contributed by atoms with van der Waals surface area (Å²) < 4.78 is 6.13. The van der Waals surface area contributed by atoms with Crippen LogP contribution in [0.1, 0.15) is 19.4 Å². The summed E-state index contributed by atoms with van der Waals surface area (Å²) in [5, 5.41) is 6.07. The van der Waals surface area contributed by atoms with Crippen LogP contribution in [0.3, 0.4) is 0 Å². The predicted molar refractivity (Wildman–Crippen MR) is 70.5 cm³/mol. The van der Waals surface area contributed by atoms with Gasteiger partial charge in [-0.25, -0.2) is 0 Å². The van der Waals surface area contributed by atoms with E-state index in [9.17, 15) is 0 Å². The Kier molecular flexibility index (Phi) is 3.35. The third-order valence-electron chi connectivity index (χ3n) is 2.26. The molecule has 0 fully saturated rings. The Bertz CT molecular complexity index is 490. The molecule has 0 unspecified atom stereocenters. The lowest BCUT2D eigenvalue weighted by Crippen LogP contribution is -1.98.